The van der Waals surface area contributed by atoms with E-state index in [-0.39, 0.29) is 22.1 Å². The largest absolute Gasteiger partial charge is 0.398 e. The van der Waals surface area contributed by atoms with Gasteiger partial charge in [0, 0.05) is 13.1 Å². The topological polar surface area (TPSA) is 72.6 Å². The van der Waals surface area contributed by atoms with E-state index in [0.29, 0.717) is 18.8 Å². The molecule has 7 heteroatoms. The fourth-order valence-corrected chi connectivity index (χ4v) is 4.01. The van der Waals surface area contributed by atoms with Crippen LogP contribution in [0.5, 0.6) is 0 Å². The summed E-state index contributed by atoms with van der Waals surface area (Å²) in [5, 5.41) is 0.246. The molecule has 1 aliphatic heterocycles. The lowest BCUT2D eigenvalue weighted by Gasteiger charge is -2.34. The number of nitrogens with two attached hydrogens (primary N) is 1. The number of hydrogen-bond acceptors (Lipinski definition) is 4. The second-order valence-electron chi connectivity index (χ2n) is 4.76. The van der Waals surface area contributed by atoms with E-state index in [2.05, 4.69) is 0 Å². The molecule has 0 bridgehead atoms. The molecule has 1 saturated heterocycles. The third kappa shape index (κ3) is 3.02. The Labute approximate surface area is 118 Å². The van der Waals surface area contributed by atoms with E-state index in [4.69, 9.17) is 22.1 Å². The van der Waals surface area contributed by atoms with E-state index >= 15 is 0 Å². The van der Waals surface area contributed by atoms with Gasteiger partial charge < -0.3 is 10.5 Å². The molecule has 2 rings (SSSR count). The number of nitrogen functional groups attached to an aromatic ring is 1. The molecule has 1 heterocycles. The maximum atomic E-state index is 12.5. The summed E-state index contributed by atoms with van der Waals surface area (Å²) in [7, 11) is -3.55. The first-order valence-corrected chi connectivity index (χ1v) is 7.83. The third-order valence-electron chi connectivity index (χ3n) is 3.00. The van der Waals surface area contributed by atoms with Crippen LogP contribution in [0.3, 0.4) is 0 Å². The van der Waals surface area contributed by atoms with Crippen molar-refractivity contribution < 1.29 is 13.2 Å². The summed E-state index contributed by atoms with van der Waals surface area (Å²) in [6, 6.07) is 4.36. The van der Waals surface area contributed by atoms with Crippen LogP contribution in [0.2, 0.25) is 5.02 Å². The van der Waals surface area contributed by atoms with Crippen molar-refractivity contribution in [2.75, 3.05) is 18.8 Å². The van der Waals surface area contributed by atoms with E-state index in [1.165, 1.54) is 22.5 Å². The van der Waals surface area contributed by atoms with Gasteiger partial charge in [-0.05, 0) is 32.0 Å². The maximum Gasteiger partial charge on any atom is 0.243 e. The first-order valence-electron chi connectivity index (χ1n) is 6.01. The van der Waals surface area contributed by atoms with Crippen LogP contribution < -0.4 is 5.73 Å². The zero-order valence-corrected chi connectivity index (χ0v) is 12.4. The van der Waals surface area contributed by atoms with Crippen LogP contribution in [-0.4, -0.2) is 38.0 Å². The van der Waals surface area contributed by atoms with Crippen molar-refractivity contribution in [3.05, 3.63) is 23.2 Å². The molecule has 19 heavy (non-hydrogen) atoms. The number of halogens is 1. The number of ether oxygens (including phenoxy) is 1. The maximum absolute atomic E-state index is 12.5. The monoisotopic (exact) mass is 304 g/mol. The Morgan fingerprint density at radius 1 is 1.32 bits per heavy atom. The lowest BCUT2D eigenvalue weighted by Crippen LogP contribution is -2.48. The second-order valence-corrected chi connectivity index (χ2v) is 7.11. The molecule has 2 N–H and O–H groups in total. The first-order chi connectivity index (χ1) is 8.80. The molecular weight excluding hydrogens is 288 g/mol. The highest BCUT2D eigenvalue weighted by molar-refractivity contribution is 7.89. The van der Waals surface area contributed by atoms with Gasteiger partial charge >= 0.3 is 0 Å². The van der Waals surface area contributed by atoms with Crippen molar-refractivity contribution in [1.82, 2.24) is 4.31 Å². The lowest BCUT2D eigenvalue weighted by molar-refractivity contribution is -0.0440. The average Bonchev–Trinajstić information content (AvgIpc) is 2.31. The predicted octanol–water partition coefficient (Wildman–Crippen LogP) is 1.72. The van der Waals surface area contributed by atoms with Crippen LogP contribution in [-0.2, 0) is 14.8 Å². The van der Waals surface area contributed by atoms with Gasteiger partial charge in [0.2, 0.25) is 10.0 Å². The van der Waals surface area contributed by atoms with Gasteiger partial charge in [0.25, 0.3) is 0 Å². The number of nitrogens with zero attached hydrogens (tertiary/aromatic N) is 1. The molecule has 0 aromatic heterocycles. The summed E-state index contributed by atoms with van der Waals surface area (Å²) >= 11 is 5.88. The molecule has 0 aliphatic carbocycles. The van der Waals surface area contributed by atoms with E-state index in [9.17, 15) is 8.42 Å². The number of benzene rings is 1. The van der Waals surface area contributed by atoms with Crippen LogP contribution >= 0.6 is 11.6 Å². The zero-order chi connectivity index (χ0) is 14.2. The summed E-state index contributed by atoms with van der Waals surface area (Å²) in [5.74, 6) is 0. The van der Waals surface area contributed by atoms with Gasteiger partial charge in [0.15, 0.2) is 0 Å². The highest BCUT2D eigenvalue weighted by Crippen LogP contribution is 2.26. The predicted molar refractivity (Wildman–Crippen MR) is 74.6 cm³/mol. The number of hydrogen-bond donors (Lipinski definition) is 1. The van der Waals surface area contributed by atoms with Gasteiger partial charge in [-0.15, -0.1) is 0 Å². The van der Waals surface area contributed by atoms with Crippen LogP contribution in [0, 0.1) is 0 Å². The van der Waals surface area contributed by atoms with Crippen molar-refractivity contribution in [3.8, 4) is 0 Å². The molecule has 0 saturated carbocycles. The minimum atomic E-state index is -3.55. The van der Waals surface area contributed by atoms with Crippen molar-refractivity contribution >= 4 is 27.3 Å². The fourth-order valence-electron chi connectivity index (χ4n) is 2.14. The molecule has 0 amide bonds. The molecule has 1 aliphatic rings. The number of rotatable bonds is 2. The van der Waals surface area contributed by atoms with Crippen LogP contribution in [0.1, 0.15) is 13.8 Å². The van der Waals surface area contributed by atoms with E-state index in [1.54, 1.807) is 0 Å². The molecule has 1 aromatic rings. The van der Waals surface area contributed by atoms with Crippen LogP contribution in [0.15, 0.2) is 23.1 Å². The van der Waals surface area contributed by atoms with Crippen LogP contribution in [0.4, 0.5) is 5.69 Å². The highest BCUT2D eigenvalue weighted by Gasteiger charge is 2.32. The van der Waals surface area contributed by atoms with Gasteiger partial charge in [-0.3, -0.25) is 0 Å². The minimum absolute atomic E-state index is 0.122. The summed E-state index contributed by atoms with van der Waals surface area (Å²) in [4.78, 5) is 0.160. The van der Waals surface area contributed by atoms with Gasteiger partial charge in [0.05, 0.1) is 27.8 Å². The molecule has 0 radical (unpaired) electrons. The third-order valence-corrected chi connectivity index (χ3v) is 5.15. The number of sulfonamides is 1. The molecule has 1 aromatic carbocycles. The number of anilines is 1. The minimum Gasteiger partial charge on any atom is -0.398 e. The Kier molecular flexibility index (Phi) is 4.06. The Morgan fingerprint density at radius 2 is 1.89 bits per heavy atom. The van der Waals surface area contributed by atoms with Crippen molar-refractivity contribution in [1.29, 1.82) is 0 Å². The van der Waals surface area contributed by atoms with Crippen molar-refractivity contribution in [2.24, 2.45) is 0 Å². The Morgan fingerprint density at radius 3 is 2.42 bits per heavy atom. The first kappa shape index (κ1) is 14.6. The normalized spacial score (nSPS) is 25.4. The van der Waals surface area contributed by atoms with Gasteiger partial charge in [-0.25, -0.2) is 8.42 Å². The SMILES string of the molecule is CC1CN(S(=O)(=O)c2ccc(N)c(Cl)c2)CC(C)O1. The average molecular weight is 305 g/mol. The standard InChI is InChI=1S/C12H17ClN2O3S/c1-8-6-15(7-9(2)18-8)19(16,17)10-3-4-12(14)11(13)5-10/h3-5,8-9H,6-7,14H2,1-2H3. The zero-order valence-electron chi connectivity index (χ0n) is 10.8. The molecule has 106 valence electrons. The van der Waals surface area contributed by atoms with E-state index in [1.807, 2.05) is 13.8 Å². The lowest BCUT2D eigenvalue weighted by atomic mass is 10.3. The van der Waals surface area contributed by atoms with Gasteiger partial charge in [-0.2, -0.15) is 4.31 Å². The molecule has 2 unspecified atom stereocenters. The Hall–Kier alpha value is -0.820. The Balaban J connectivity index is 2.33. The van der Waals surface area contributed by atoms with E-state index in [0.717, 1.165) is 0 Å². The van der Waals surface area contributed by atoms with Crippen LogP contribution in [0.25, 0.3) is 0 Å². The molecule has 5 nitrogen and oxygen atoms in total. The Bertz CT molecular complexity index is 566. The quantitative estimate of drug-likeness (QED) is 0.844. The smallest absolute Gasteiger partial charge is 0.243 e. The van der Waals surface area contributed by atoms with Gasteiger partial charge in [-0.1, -0.05) is 11.6 Å². The molecule has 0 spiro atoms. The molecule has 1 fully saturated rings. The van der Waals surface area contributed by atoms with Crippen molar-refractivity contribution in [3.63, 3.8) is 0 Å². The molecular formula is C12H17ClN2O3S. The number of morpholine rings is 1. The summed E-state index contributed by atoms with van der Waals surface area (Å²) in [6.07, 6.45) is -0.245. The summed E-state index contributed by atoms with van der Waals surface area (Å²) in [6.45, 7) is 4.39. The molecule has 2 atom stereocenters. The highest BCUT2D eigenvalue weighted by atomic mass is 35.5. The second kappa shape index (κ2) is 5.28. The fraction of sp³-hybridized carbons (Fsp3) is 0.500. The summed E-state index contributed by atoms with van der Waals surface area (Å²) in [5.41, 5.74) is 5.96. The van der Waals surface area contributed by atoms with Crippen molar-refractivity contribution in [2.45, 2.75) is 31.0 Å². The van der Waals surface area contributed by atoms with Gasteiger partial charge in [0.1, 0.15) is 0 Å². The summed E-state index contributed by atoms with van der Waals surface area (Å²) < 4.78 is 32.0. The van der Waals surface area contributed by atoms with E-state index < -0.39 is 10.0 Å².